The maximum atomic E-state index is 12.2. The van der Waals surface area contributed by atoms with Crippen LogP contribution in [0.1, 0.15) is 383 Å². The van der Waals surface area contributed by atoms with Crippen LogP contribution in [0.25, 0.3) is 0 Å². The summed E-state index contributed by atoms with van der Waals surface area (Å²) in [6, 6.07) is 5.09. The number of aryl methyl sites for hydroxylation is 6. The summed E-state index contributed by atoms with van der Waals surface area (Å²) in [7, 11) is 4.31. The minimum Gasteiger partial charge on any atom is -0.361 e. The van der Waals surface area contributed by atoms with Gasteiger partial charge in [0.05, 0.1) is 0 Å². The fourth-order valence-corrected chi connectivity index (χ4v) is 13.0. The van der Waals surface area contributed by atoms with Crippen LogP contribution in [0.2, 0.25) is 0 Å². The Bertz CT molecular complexity index is 3910. The van der Waals surface area contributed by atoms with E-state index in [4.69, 9.17) is 27.1 Å². The van der Waals surface area contributed by atoms with Crippen LogP contribution in [0, 0.1) is 20.8 Å². The molecule has 702 valence electrons. The summed E-state index contributed by atoms with van der Waals surface area (Å²) in [6.07, 6.45) is 20.8. The van der Waals surface area contributed by atoms with Crippen LogP contribution in [0.5, 0.6) is 0 Å². The van der Waals surface area contributed by atoms with Gasteiger partial charge in [-0.2, -0.15) is 0 Å². The number of carbonyl (C=O) groups excluding carboxylic acids is 6. The molecule has 4 unspecified atom stereocenters. The van der Waals surface area contributed by atoms with Crippen molar-refractivity contribution in [3.63, 3.8) is 0 Å². The Morgan fingerprint density at radius 3 is 0.772 bits per heavy atom. The van der Waals surface area contributed by atoms with Gasteiger partial charge in [-0.15, -0.1) is 0 Å². The van der Waals surface area contributed by atoms with Crippen molar-refractivity contribution in [2.24, 2.45) is 0 Å². The highest BCUT2D eigenvalue weighted by molar-refractivity contribution is 5.95. The van der Waals surface area contributed by atoms with Crippen LogP contribution in [-0.4, -0.2) is 202 Å². The molecule has 123 heavy (non-hydrogen) atoms. The van der Waals surface area contributed by atoms with Gasteiger partial charge in [0.1, 0.15) is 34.6 Å². The predicted molar refractivity (Wildman–Crippen MR) is 493 cm³/mol. The van der Waals surface area contributed by atoms with E-state index in [-0.39, 0.29) is 68.7 Å². The molecule has 0 saturated heterocycles. The molecule has 4 atom stereocenters. The van der Waals surface area contributed by atoms with Gasteiger partial charge in [0.15, 0.2) is 34.2 Å². The standard InChI is InChI=1S/C17H31N3O2.2C16H29N3O2.2C15H27N3O2.C14H25N3O2/c1-7-12-20(6)17(5,9-3)10-11-18-16(21)15-13(4)14(8-2)22-19-15;1-6-11-19(5)16(4,8-3)9-10-17-15(20)14-12-13(7-2)21-18-14;1-6-10-18-16(5,8-3)9-11-17-15(20)14-12(4)13(7-2)21-19-14;1-6-9-17-15(4,5)8-10-16-14(19)13-11(3)12(7-2)20-18-13;1-5-9-17-15(4,7-3)8-10-16-14(19)13-11-12(6-2)20-18-13;1-5-8-16-14(3,4)7-9-15-13(18)12-10-11(6-2)19-17-12/h7-12H2,1-6H3,(H,18,21);12H,6-11H2,1-5H3,(H,17,20);18H,6-11H2,1-5H3,(H,17,20);17H,6-10H2,1-5H3,(H,16,19);11,17H,5-10H2,1-4H3,(H,16,19);10,16H,5-9H2,1-4H3,(H,15,18). The van der Waals surface area contributed by atoms with Gasteiger partial charge in [0.25, 0.3) is 35.4 Å². The highest BCUT2D eigenvalue weighted by atomic mass is 16.5. The van der Waals surface area contributed by atoms with E-state index in [0.29, 0.717) is 73.4 Å². The first-order valence-electron chi connectivity index (χ1n) is 46.1. The second kappa shape index (κ2) is 59.7. The molecule has 0 fully saturated rings. The van der Waals surface area contributed by atoms with Crippen molar-refractivity contribution in [2.75, 3.05) is 92.6 Å². The van der Waals surface area contributed by atoms with Gasteiger partial charge >= 0.3 is 0 Å². The lowest BCUT2D eigenvalue weighted by molar-refractivity contribution is 0.0905. The number of hydrogen-bond donors (Lipinski definition) is 10. The Hall–Kier alpha value is -8.16. The van der Waals surface area contributed by atoms with Gasteiger partial charge in [-0.25, -0.2) is 0 Å². The molecule has 0 radical (unpaired) electrons. The van der Waals surface area contributed by atoms with Gasteiger partial charge in [0.2, 0.25) is 0 Å². The minimum atomic E-state index is -0.172. The Morgan fingerprint density at radius 2 is 0.553 bits per heavy atom. The van der Waals surface area contributed by atoms with Crippen LogP contribution < -0.4 is 53.2 Å². The number of nitrogens with one attached hydrogen (secondary N) is 10. The van der Waals surface area contributed by atoms with Crippen molar-refractivity contribution in [1.82, 2.24) is 93.9 Å². The zero-order valence-electron chi connectivity index (χ0n) is 81.8. The molecular weight excluding hydrogens is 1560 g/mol. The lowest BCUT2D eigenvalue weighted by Crippen LogP contribution is -2.46. The highest BCUT2D eigenvalue weighted by Crippen LogP contribution is 2.25. The number of nitrogens with zero attached hydrogens (tertiary/aromatic N) is 8. The monoisotopic (exact) mass is 1730 g/mol. The summed E-state index contributed by atoms with van der Waals surface area (Å²) in [5.74, 6) is 3.61. The third kappa shape index (κ3) is 41.2. The molecular formula is C93H168N18O12. The molecule has 6 heterocycles. The summed E-state index contributed by atoms with van der Waals surface area (Å²) in [6.45, 7) is 66.6. The van der Waals surface area contributed by atoms with E-state index >= 15 is 0 Å². The summed E-state index contributed by atoms with van der Waals surface area (Å²) in [4.78, 5) is 76.9. The molecule has 0 aliphatic heterocycles. The number of hydrogen-bond acceptors (Lipinski definition) is 24. The van der Waals surface area contributed by atoms with Crippen molar-refractivity contribution in [3.8, 4) is 0 Å². The highest BCUT2D eigenvalue weighted by Gasteiger charge is 2.31. The van der Waals surface area contributed by atoms with E-state index in [9.17, 15) is 28.8 Å². The van der Waals surface area contributed by atoms with Crippen molar-refractivity contribution in [1.29, 1.82) is 0 Å². The third-order valence-electron chi connectivity index (χ3n) is 23.3. The normalized spacial score (nSPS) is 13.3. The second-order valence-electron chi connectivity index (χ2n) is 34.3. The SMILES string of the molecule is CCCN(C)C(C)(CC)CCNC(=O)c1cc(CC)on1.CCCN(C)C(C)(CC)CCNC(=O)c1noc(CC)c1C.CCCNC(C)(C)CCNC(=O)c1cc(CC)on1.CCCNC(C)(C)CCNC(=O)c1noc(CC)c1C.CCCNC(C)(CC)CCNC(=O)c1cc(CC)on1.CCCNC(C)(CC)CCNC(=O)c1noc(CC)c1C. The Kier molecular flexibility index (Phi) is 54.8. The van der Waals surface area contributed by atoms with E-state index < -0.39 is 0 Å². The number of amides is 6. The van der Waals surface area contributed by atoms with E-state index in [1.54, 1.807) is 18.2 Å². The molecule has 6 rings (SSSR count). The lowest BCUT2D eigenvalue weighted by atomic mass is 9.92. The van der Waals surface area contributed by atoms with E-state index in [2.05, 4.69) is 233 Å². The van der Waals surface area contributed by atoms with Crippen LogP contribution in [-0.2, 0) is 38.5 Å². The fourth-order valence-electron chi connectivity index (χ4n) is 13.0. The maximum absolute atomic E-state index is 12.2. The van der Waals surface area contributed by atoms with Crippen LogP contribution >= 0.6 is 0 Å². The molecule has 0 spiro atoms. The second-order valence-corrected chi connectivity index (χ2v) is 34.3. The molecule has 30 nitrogen and oxygen atoms in total. The number of carbonyl (C=O) groups is 6. The van der Waals surface area contributed by atoms with Crippen LogP contribution in [0.3, 0.4) is 0 Å². The summed E-state index contributed by atoms with van der Waals surface area (Å²) >= 11 is 0. The minimum absolute atomic E-state index is 0.0245. The molecule has 6 aromatic heterocycles. The topological polar surface area (TPSA) is 385 Å². The summed E-state index contributed by atoms with van der Waals surface area (Å²) in [5.41, 5.74) is 5.26. The van der Waals surface area contributed by atoms with Gasteiger partial charge in [-0.05, 0) is 232 Å². The largest absolute Gasteiger partial charge is 0.361 e. The van der Waals surface area contributed by atoms with Crippen molar-refractivity contribution < 1.29 is 55.9 Å². The third-order valence-corrected chi connectivity index (χ3v) is 23.3. The molecule has 0 bridgehead atoms. The van der Waals surface area contributed by atoms with Crippen molar-refractivity contribution in [2.45, 2.75) is 361 Å². The average molecular weight is 1730 g/mol. The zero-order chi connectivity index (χ0) is 93.0. The summed E-state index contributed by atoms with van der Waals surface area (Å²) in [5, 5.41) is 54.4. The number of rotatable bonds is 52. The van der Waals surface area contributed by atoms with Gasteiger partial charge in [-0.1, -0.05) is 142 Å². The molecule has 0 aromatic carbocycles. The quantitative estimate of drug-likeness (QED) is 0.0170. The molecule has 0 saturated carbocycles. The maximum Gasteiger partial charge on any atom is 0.273 e. The molecule has 0 aliphatic rings. The zero-order valence-corrected chi connectivity index (χ0v) is 81.8. The fraction of sp³-hybridized carbons (Fsp3) is 0.742. The van der Waals surface area contributed by atoms with Gasteiger partial charge < -0.3 is 90.1 Å². The van der Waals surface area contributed by atoms with Gasteiger partial charge in [0, 0.05) is 146 Å². The molecule has 6 aromatic rings. The average Bonchev–Trinajstić information content (AvgIpc) is 1.70. The first-order chi connectivity index (χ1) is 58.3. The molecule has 6 amide bonds. The van der Waals surface area contributed by atoms with Crippen LogP contribution in [0.4, 0.5) is 0 Å². The first kappa shape index (κ1) is 113. The van der Waals surface area contributed by atoms with E-state index in [0.717, 1.165) is 232 Å². The van der Waals surface area contributed by atoms with Crippen LogP contribution in [0.15, 0.2) is 45.3 Å². The van der Waals surface area contributed by atoms with Crippen molar-refractivity contribution in [3.05, 3.63) is 104 Å². The Balaban J connectivity index is 0.000000738. The van der Waals surface area contributed by atoms with E-state index in [1.807, 2.05) is 62.3 Å². The lowest BCUT2D eigenvalue weighted by Gasteiger charge is -2.38. The molecule has 30 heteroatoms. The Labute approximate surface area is 739 Å². The van der Waals surface area contributed by atoms with E-state index in [1.165, 1.54) is 0 Å². The smallest absolute Gasteiger partial charge is 0.273 e. The summed E-state index contributed by atoms with van der Waals surface area (Å²) < 4.78 is 30.6. The molecule has 0 aliphatic carbocycles. The van der Waals surface area contributed by atoms with Crippen molar-refractivity contribution >= 4 is 35.4 Å². The molecule has 10 N–H and O–H groups in total. The first-order valence-corrected chi connectivity index (χ1v) is 46.1. The predicted octanol–water partition coefficient (Wildman–Crippen LogP) is 16.0. The Morgan fingerprint density at radius 1 is 0.301 bits per heavy atom. The van der Waals surface area contributed by atoms with Gasteiger partial charge in [-0.3, -0.25) is 28.8 Å². The number of aromatic nitrogens is 6.